The van der Waals surface area contributed by atoms with Gasteiger partial charge in [0.05, 0.1) is 6.10 Å². The van der Waals surface area contributed by atoms with Crippen molar-refractivity contribution in [2.75, 3.05) is 0 Å². The molecule has 0 aliphatic heterocycles. The van der Waals surface area contributed by atoms with Gasteiger partial charge in [-0.2, -0.15) is 0 Å². The van der Waals surface area contributed by atoms with Gasteiger partial charge in [0, 0.05) is 6.42 Å². The predicted octanol–water partition coefficient (Wildman–Crippen LogP) is 3.07. The van der Waals surface area contributed by atoms with Crippen LogP contribution in [0, 0.1) is 0 Å². The fraction of sp³-hybridized carbons (Fsp3) is 0.727. The van der Waals surface area contributed by atoms with Crippen molar-refractivity contribution in [3.05, 3.63) is 11.6 Å². The van der Waals surface area contributed by atoms with Crippen LogP contribution in [0.5, 0.6) is 0 Å². The molecule has 0 N–H and O–H groups in total. The molecule has 0 radical (unpaired) electrons. The highest BCUT2D eigenvalue weighted by atomic mass is 16.5. The van der Waals surface area contributed by atoms with Gasteiger partial charge < -0.3 is 4.74 Å². The zero-order valence-electron chi connectivity index (χ0n) is 9.09. The molecule has 0 saturated carbocycles. The Morgan fingerprint density at radius 3 is 2.46 bits per heavy atom. The van der Waals surface area contributed by atoms with Crippen LogP contribution in [0.25, 0.3) is 0 Å². The van der Waals surface area contributed by atoms with Gasteiger partial charge in [0.2, 0.25) is 0 Å². The van der Waals surface area contributed by atoms with Crippen LogP contribution in [0.15, 0.2) is 11.6 Å². The van der Waals surface area contributed by atoms with Gasteiger partial charge in [-0.05, 0) is 40.5 Å². The van der Waals surface area contributed by atoms with E-state index in [-0.39, 0.29) is 12.1 Å². The maximum atomic E-state index is 11.1. The van der Waals surface area contributed by atoms with Crippen molar-refractivity contribution in [1.82, 2.24) is 0 Å². The topological polar surface area (TPSA) is 26.3 Å². The lowest BCUT2D eigenvalue weighted by Gasteiger charge is -2.07. The summed E-state index contributed by atoms with van der Waals surface area (Å²) in [6.07, 6.45) is 4.50. The molecule has 13 heavy (non-hydrogen) atoms. The Labute approximate surface area is 81.0 Å². The third-order valence-electron chi connectivity index (χ3n) is 1.81. The summed E-state index contributed by atoms with van der Waals surface area (Å²) >= 11 is 0. The maximum Gasteiger partial charge on any atom is 0.306 e. The lowest BCUT2D eigenvalue weighted by molar-refractivity contribution is -0.147. The molecule has 0 saturated heterocycles. The standard InChI is InChI=1S/C11H20O2/c1-5-10(4)7-6-8-11(12)13-9(2)3/h5,9H,6-8H2,1-4H3. The van der Waals surface area contributed by atoms with E-state index in [4.69, 9.17) is 4.74 Å². The van der Waals surface area contributed by atoms with Crippen LogP contribution < -0.4 is 0 Å². The van der Waals surface area contributed by atoms with E-state index in [9.17, 15) is 4.79 Å². The fourth-order valence-corrected chi connectivity index (χ4v) is 0.978. The van der Waals surface area contributed by atoms with E-state index < -0.39 is 0 Å². The summed E-state index contributed by atoms with van der Waals surface area (Å²) in [7, 11) is 0. The average molecular weight is 184 g/mol. The molecule has 76 valence electrons. The van der Waals surface area contributed by atoms with Gasteiger partial charge in [-0.3, -0.25) is 4.79 Å². The number of esters is 1. The Kier molecular flexibility index (Phi) is 6.29. The third kappa shape index (κ3) is 7.57. The molecular weight excluding hydrogens is 164 g/mol. The van der Waals surface area contributed by atoms with Crippen molar-refractivity contribution in [2.24, 2.45) is 0 Å². The molecule has 0 aliphatic carbocycles. The number of hydrogen-bond donors (Lipinski definition) is 0. The van der Waals surface area contributed by atoms with Crippen LogP contribution in [0.4, 0.5) is 0 Å². The van der Waals surface area contributed by atoms with Crippen LogP contribution in [-0.4, -0.2) is 12.1 Å². The Bertz CT molecular complexity index is 181. The molecule has 0 aliphatic rings. The summed E-state index contributed by atoms with van der Waals surface area (Å²) in [5.41, 5.74) is 1.33. The van der Waals surface area contributed by atoms with Crippen LogP contribution in [0.1, 0.15) is 47.0 Å². The summed E-state index contributed by atoms with van der Waals surface area (Å²) in [4.78, 5) is 11.1. The zero-order valence-corrected chi connectivity index (χ0v) is 9.09. The lowest BCUT2D eigenvalue weighted by Crippen LogP contribution is -2.10. The lowest BCUT2D eigenvalue weighted by atomic mass is 10.1. The molecule has 0 amide bonds. The summed E-state index contributed by atoms with van der Waals surface area (Å²) in [5, 5.41) is 0. The predicted molar refractivity (Wildman–Crippen MR) is 54.5 cm³/mol. The average Bonchev–Trinajstić information content (AvgIpc) is 2.02. The van der Waals surface area contributed by atoms with Crippen LogP contribution in [-0.2, 0) is 9.53 Å². The number of ether oxygens (including phenoxy) is 1. The van der Waals surface area contributed by atoms with Gasteiger partial charge in [0.15, 0.2) is 0 Å². The van der Waals surface area contributed by atoms with E-state index in [0.29, 0.717) is 6.42 Å². The highest BCUT2D eigenvalue weighted by Crippen LogP contribution is 2.07. The fourth-order valence-electron chi connectivity index (χ4n) is 0.978. The largest absolute Gasteiger partial charge is 0.463 e. The molecule has 0 bridgehead atoms. The van der Waals surface area contributed by atoms with Gasteiger partial charge in [-0.25, -0.2) is 0 Å². The van der Waals surface area contributed by atoms with Gasteiger partial charge in [0.25, 0.3) is 0 Å². The van der Waals surface area contributed by atoms with Gasteiger partial charge >= 0.3 is 5.97 Å². The number of carbonyl (C=O) groups excluding carboxylic acids is 1. The quantitative estimate of drug-likeness (QED) is 0.485. The first-order valence-corrected chi connectivity index (χ1v) is 4.87. The molecule has 0 spiro atoms. The Hall–Kier alpha value is -0.790. The van der Waals surface area contributed by atoms with Crippen molar-refractivity contribution >= 4 is 5.97 Å². The van der Waals surface area contributed by atoms with Crippen LogP contribution >= 0.6 is 0 Å². The second-order valence-corrected chi connectivity index (χ2v) is 3.53. The Morgan fingerprint density at radius 2 is 2.00 bits per heavy atom. The number of allylic oxidation sites excluding steroid dienone is 2. The Morgan fingerprint density at radius 1 is 1.38 bits per heavy atom. The monoisotopic (exact) mass is 184 g/mol. The van der Waals surface area contributed by atoms with E-state index >= 15 is 0 Å². The molecule has 2 nitrogen and oxygen atoms in total. The van der Waals surface area contributed by atoms with Gasteiger partial charge in [-0.1, -0.05) is 11.6 Å². The smallest absolute Gasteiger partial charge is 0.306 e. The molecule has 0 unspecified atom stereocenters. The Balaban J connectivity index is 3.48. The van der Waals surface area contributed by atoms with E-state index in [0.717, 1.165) is 12.8 Å². The number of carbonyl (C=O) groups is 1. The highest BCUT2D eigenvalue weighted by Gasteiger charge is 2.04. The number of rotatable bonds is 5. The first kappa shape index (κ1) is 12.2. The SMILES string of the molecule is CC=C(C)CCCC(=O)OC(C)C. The van der Waals surface area contributed by atoms with Crippen LogP contribution in [0.2, 0.25) is 0 Å². The van der Waals surface area contributed by atoms with Crippen molar-refractivity contribution < 1.29 is 9.53 Å². The molecule has 0 aromatic heterocycles. The second kappa shape index (κ2) is 6.70. The summed E-state index contributed by atoms with van der Waals surface area (Å²) in [6.45, 7) is 7.83. The third-order valence-corrected chi connectivity index (χ3v) is 1.81. The molecule has 2 heteroatoms. The minimum absolute atomic E-state index is 0.00955. The van der Waals surface area contributed by atoms with Gasteiger partial charge in [0.1, 0.15) is 0 Å². The first-order valence-electron chi connectivity index (χ1n) is 4.87. The normalized spacial score (nSPS) is 11.9. The highest BCUT2D eigenvalue weighted by molar-refractivity contribution is 5.69. The minimum Gasteiger partial charge on any atom is -0.463 e. The molecule has 0 fully saturated rings. The first-order chi connectivity index (χ1) is 6.06. The van der Waals surface area contributed by atoms with E-state index in [1.807, 2.05) is 20.8 Å². The van der Waals surface area contributed by atoms with Gasteiger partial charge in [-0.15, -0.1) is 0 Å². The molecule has 0 aromatic rings. The van der Waals surface area contributed by atoms with Crippen molar-refractivity contribution in [3.63, 3.8) is 0 Å². The maximum absolute atomic E-state index is 11.1. The summed E-state index contributed by atoms with van der Waals surface area (Å²) in [6, 6.07) is 0. The minimum atomic E-state index is -0.0843. The van der Waals surface area contributed by atoms with E-state index in [1.54, 1.807) is 0 Å². The second-order valence-electron chi connectivity index (χ2n) is 3.53. The van der Waals surface area contributed by atoms with E-state index in [2.05, 4.69) is 13.0 Å². The van der Waals surface area contributed by atoms with E-state index in [1.165, 1.54) is 5.57 Å². The summed E-state index contributed by atoms with van der Waals surface area (Å²) < 4.78 is 5.01. The molecular formula is C11H20O2. The van der Waals surface area contributed by atoms with Crippen molar-refractivity contribution in [3.8, 4) is 0 Å². The molecule has 0 atom stereocenters. The zero-order chi connectivity index (χ0) is 10.3. The summed E-state index contributed by atoms with van der Waals surface area (Å²) in [5.74, 6) is -0.0843. The van der Waals surface area contributed by atoms with Crippen molar-refractivity contribution in [1.29, 1.82) is 0 Å². The molecule has 0 aromatic carbocycles. The molecule has 0 heterocycles. The number of hydrogen-bond acceptors (Lipinski definition) is 2. The molecule has 0 rings (SSSR count). The van der Waals surface area contributed by atoms with Crippen molar-refractivity contribution in [2.45, 2.75) is 53.1 Å². The van der Waals surface area contributed by atoms with Crippen LogP contribution in [0.3, 0.4) is 0 Å².